The average molecular weight is 502 g/mol. The van der Waals surface area contributed by atoms with E-state index in [1.807, 2.05) is 49.3 Å². The van der Waals surface area contributed by atoms with Crippen molar-refractivity contribution in [2.75, 3.05) is 24.3 Å². The number of benzene rings is 2. The number of rotatable bonds is 12. The standard InChI is InChI=1S/C30H39N5O2/c1-6-8-13-25-24(14-10-15-26(25)29(31)36)20(3)33-27(7-2)21-11-9-12-23(18-21)34-30(37)22-16-17-32-28(19-22)35(4)5/h9-12,14-20,27,33H,6-8,13H2,1-5H3,(H2,31,36)(H,34,37). The van der Waals surface area contributed by atoms with Gasteiger partial charge >= 0.3 is 0 Å². The minimum Gasteiger partial charge on any atom is -0.366 e. The Balaban J connectivity index is 1.80. The highest BCUT2D eigenvalue weighted by Gasteiger charge is 2.20. The Kier molecular flexibility index (Phi) is 9.80. The molecule has 7 heteroatoms. The van der Waals surface area contributed by atoms with Gasteiger partial charge in [-0.1, -0.05) is 44.5 Å². The minimum absolute atomic E-state index is 0.00984. The Labute approximate surface area is 220 Å². The molecule has 3 aromatic rings. The first-order chi connectivity index (χ1) is 17.7. The van der Waals surface area contributed by atoms with Crippen LogP contribution in [0.15, 0.2) is 60.8 Å². The molecule has 0 aliphatic heterocycles. The van der Waals surface area contributed by atoms with Gasteiger partial charge in [-0.3, -0.25) is 9.59 Å². The first-order valence-corrected chi connectivity index (χ1v) is 13.0. The summed E-state index contributed by atoms with van der Waals surface area (Å²) in [6.07, 6.45) is 5.36. The molecular weight excluding hydrogens is 462 g/mol. The summed E-state index contributed by atoms with van der Waals surface area (Å²) in [4.78, 5) is 31.1. The Morgan fingerprint density at radius 3 is 2.49 bits per heavy atom. The van der Waals surface area contributed by atoms with Crippen molar-refractivity contribution >= 4 is 23.3 Å². The second-order valence-electron chi connectivity index (χ2n) is 9.57. The second-order valence-corrected chi connectivity index (χ2v) is 9.57. The summed E-state index contributed by atoms with van der Waals surface area (Å²) in [5.74, 6) is 0.160. The van der Waals surface area contributed by atoms with E-state index >= 15 is 0 Å². The lowest BCUT2D eigenvalue weighted by molar-refractivity contribution is 0.0996. The van der Waals surface area contributed by atoms with E-state index in [0.717, 1.165) is 53.9 Å². The van der Waals surface area contributed by atoms with Crippen LogP contribution in [0.5, 0.6) is 0 Å². The van der Waals surface area contributed by atoms with Crippen LogP contribution in [0, 0.1) is 0 Å². The minimum atomic E-state index is -0.387. The van der Waals surface area contributed by atoms with Crippen LogP contribution < -0.4 is 21.3 Å². The molecule has 0 bridgehead atoms. The fourth-order valence-corrected chi connectivity index (χ4v) is 4.56. The molecule has 4 N–H and O–H groups in total. The summed E-state index contributed by atoms with van der Waals surface area (Å²) in [5, 5.41) is 6.75. The summed E-state index contributed by atoms with van der Waals surface area (Å²) >= 11 is 0. The Morgan fingerprint density at radius 2 is 1.81 bits per heavy atom. The van der Waals surface area contributed by atoms with Gasteiger partial charge in [0.15, 0.2) is 0 Å². The molecule has 3 rings (SSSR count). The van der Waals surface area contributed by atoms with Gasteiger partial charge in [-0.25, -0.2) is 4.98 Å². The van der Waals surface area contributed by atoms with E-state index < -0.39 is 0 Å². The van der Waals surface area contributed by atoms with Crippen molar-refractivity contribution in [2.24, 2.45) is 5.73 Å². The van der Waals surface area contributed by atoms with Crippen molar-refractivity contribution in [3.63, 3.8) is 0 Å². The summed E-state index contributed by atoms with van der Waals surface area (Å²) in [6, 6.07) is 17.3. The Bertz CT molecular complexity index is 1220. The van der Waals surface area contributed by atoms with Crippen LogP contribution in [0.25, 0.3) is 0 Å². The molecule has 1 aromatic heterocycles. The van der Waals surface area contributed by atoms with E-state index in [-0.39, 0.29) is 23.9 Å². The molecule has 0 spiro atoms. The first kappa shape index (κ1) is 27.9. The van der Waals surface area contributed by atoms with Crippen molar-refractivity contribution in [1.29, 1.82) is 0 Å². The number of primary amides is 1. The quantitative estimate of drug-likeness (QED) is 0.298. The lowest BCUT2D eigenvalue weighted by atomic mass is 9.91. The highest BCUT2D eigenvalue weighted by Crippen LogP contribution is 2.28. The maximum Gasteiger partial charge on any atom is 0.255 e. The van der Waals surface area contributed by atoms with E-state index in [1.54, 1.807) is 18.3 Å². The smallest absolute Gasteiger partial charge is 0.255 e. The molecule has 0 saturated heterocycles. The molecule has 0 aliphatic rings. The lowest BCUT2D eigenvalue weighted by Crippen LogP contribution is -2.26. The fourth-order valence-electron chi connectivity index (χ4n) is 4.56. The largest absolute Gasteiger partial charge is 0.366 e. The molecule has 2 unspecified atom stereocenters. The van der Waals surface area contributed by atoms with Gasteiger partial charge in [0.2, 0.25) is 5.91 Å². The third kappa shape index (κ3) is 7.17. The van der Waals surface area contributed by atoms with Crippen LogP contribution in [-0.4, -0.2) is 30.9 Å². The van der Waals surface area contributed by atoms with E-state index in [9.17, 15) is 9.59 Å². The third-order valence-electron chi connectivity index (χ3n) is 6.60. The monoisotopic (exact) mass is 501 g/mol. The van der Waals surface area contributed by atoms with Crippen molar-refractivity contribution < 1.29 is 9.59 Å². The summed E-state index contributed by atoms with van der Waals surface area (Å²) in [6.45, 7) is 6.39. The van der Waals surface area contributed by atoms with Gasteiger partial charge in [0, 0.05) is 49.2 Å². The number of unbranched alkanes of at least 4 members (excludes halogenated alkanes) is 1. The van der Waals surface area contributed by atoms with E-state index in [4.69, 9.17) is 5.73 Å². The van der Waals surface area contributed by atoms with Crippen LogP contribution in [-0.2, 0) is 6.42 Å². The fraction of sp³-hybridized carbons (Fsp3) is 0.367. The topological polar surface area (TPSA) is 100 Å². The SMILES string of the molecule is CCCCc1c(C(N)=O)cccc1C(C)NC(CC)c1cccc(NC(=O)c2ccnc(N(C)C)c2)c1. The predicted molar refractivity (Wildman–Crippen MR) is 151 cm³/mol. The number of aromatic nitrogens is 1. The lowest BCUT2D eigenvalue weighted by Gasteiger charge is -2.26. The number of carbonyl (C=O) groups is 2. The van der Waals surface area contributed by atoms with Crippen molar-refractivity contribution in [3.05, 3.63) is 88.6 Å². The van der Waals surface area contributed by atoms with Gasteiger partial charge in [-0.05, 0) is 73.2 Å². The molecule has 37 heavy (non-hydrogen) atoms. The van der Waals surface area contributed by atoms with E-state index in [1.165, 1.54) is 0 Å². The van der Waals surface area contributed by atoms with Crippen LogP contribution in [0.1, 0.15) is 89.5 Å². The molecule has 0 radical (unpaired) electrons. The number of nitrogens with two attached hydrogens (primary N) is 1. The summed E-state index contributed by atoms with van der Waals surface area (Å²) < 4.78 is 0. The maximum absolute atomic E-state index is 12.9. The normalized spacial score (nSPS) is 12.6. The molecular formula is C30H39N5O2. The van der Waals surface area contributed by atoms with Gasteiger partial charge in [0.1, 0.15) is 5.82 Å². The highest BCUT2D eigenvalue weighted by molar-refractivity contribution is 6.04. The Morgan fingerprint density at radius 1 is 1.05 bits per heavy atom. The molecule has 2 aromatic carbocycles. The molecule has 0 fully saturated rings. The summed E-state index contributed by atoms with van der Waals surface area (Å²) in [7, 11) is 3.78. The number of anilines is 2. The van der Waals surface area contributed by atoms with Crippen LogP contribution in [0.2, 0.25) is 0 Å². The number of hydrogen-bond acceptors (Lipinski definition) is 5. The number of nitrogens with one attached hydrogen (secondary N) is 2. The molecule has 7 nitrogen and oxygen atoms in total. The number of pyridine rings is 1. The van der Waals surface area contributed by atoms with Gasteiger partial charge in [0.05, 0.1) is 0 Å². The number of amides is 2. The van der Waals surface area contributed by atoms with Gasteiger partial charge in [0.25, 0.3) is 5.91 Å². The second kappa shape index (κ2) is 13.0. The van der Waals surface area contributed by atoms with Crippen molar-refractivity contribution in [3.8, 4) is 0 Å². The molecule has 1 heterocycles. The Hall–Kier alpha value is -3.71. The third-order valence-corrected chi connectivity index (χ3v) is 6.60. The van der Waals surface area contributed by atoms with Gasteiger partial charge in [-0.15, -0.1) is 0 Å². The van der Waals surface area contributed by atoms with Crippen LogP contribution in [0.4, 0.5) is 11.5 Å². The predicted octanol–water partition coefficient (Wildman–Crippen LogP) is 5.64. The number of nitrogens with zero attached hydrogens (tertiary/aromatic N) is 2. The zero-order valence-corrected chi connectivity index (χ0v) is 22.5. The van der Waals surface area contributed by atoms with E-state index in [0.29, 0.717) is 11.1 Å². The zero-order valence-electron chi connectivity index (χ0n) is 22.5. The van der Waals surface area contributed by atoms with Crippen molar-refractivity contribution in [2.45, 2.75) is 58.5 Å². The molecule has 196 valence electrons. The number of hydrogen-bond donors (Lipinski definition) is 3. The van der Waals surface area contributed by atoms with Crippen LogP contribution in [0.3, 0.4) is 0 Å². The van der Waals surface area contributed by atoms with Gasteiger partial charge in [-0.2, -0.15) is 0 Å². The molecule has 2 atom stereocenters. The number of carbonyl (C=O) groups excluding carboxylic acids is 2. The highest BCUT2D eigenvalue weighted by atomic mass is 16.2. The average Bonchev–Trinajstić information content (AvgIpc) is 2.90. The maximum atomic E-state index is 12.9. The summed E-state index contributed by atoms with van der Waals surface area (Å²) in [5.41, 5.74) is 10.8. The molecule has 2 amide bonds. The van der Waals surface area contributed by atoms with Crippen molar-refractivity contribution in [1.82, 2.24) is 10.3 Å². The molecule has 0 saturated carbocycles. The van der Waals surface area contributed by atoms with Crippen LogP contribution >= 0.6 is 0 Å². The first-order valence-electron chi connectivity index (χ1n) is 13.0. The van der Waals surface area contributed by atoms with E-state index in [2.05, 4.69) is 48.5 Å². The zero-order chi connectivity index (χ0) is 26.9. The van der Waals surface area contributed by atoms with Gasteiger partial charge < -0.3 is 21.3 Å². The molecule has 0 aliphatic carbocycles.